The molecule has 2 aromatic heterocycles. The summed E-state index contributed by atoms with van der Waals surface area (Å²) in [6.07, 6.45) is 4.67. The van der Waals surface area contributed by atoms with E-state index in [0.717, 1.165) is 42.3 Å². The molecule has 0 bridgehead atoms. The summed E-state index contributed by atoms with van der Waals surface area (Å²) in [5.74, 6) is 0.130. The maximum atomic E-state index is 13.0. The van der Waals surface area contributed by atoms with E-state index >= 15 is 0 Å². The second kappa shape index (κ2) is 8.06. The van der Waals surface area contributed by atoms with Crippen LogP contribution in [-0.4, -0.2) is 35.4 Å². The van der Waals surface area contributed by atoms with Gasteiger partial charge in [0.1, 0.15) is 11.3 Å². The molecule has 1 fully saturated rings. The smallest absolute Gasteiger partial charge is 0.229 e. The molecule has 1 amide bonds. The van der Waals surface area contributed by atoms with Crippen LogP contribution in [-0.2, 0) is 17.6 Å². The maximum absolute atomic E-state index is 13.0. The molecule has 1 atom stereocenters. The topological polar surface area (TPSA) is 58.4 Å². The van der Waals surface area contributed by atoms with Crippen LogP contribution < -0.4 is 5.32 Å². The average Bonchev–Trinajstić information content (AvgIpc) is 3.40. The normalized spacial score (nSPS) is 17.2. The third-order valence-corrected chi connectivity index (χ3v) is 5.93. The van der Waals surface area contributed by atoms with E-state index in [1.54, 1.807) is 23.9 Å². The van der Waals surface area contributed by atoms with Crippen molar-refractivity contribution >= 4 is 17.2 Å². The number of thiazole rings is 1. The first-order valence-corrected chi connectivity index (χ1v) is 10.2. The lowest BCUT2D eigenvalue weighted by molar-refractivity contribution is -0.133. The molecule has 1 unspecified atom stereocenters. The highest BCUT2D eigenvalue weighted by Crippen LogP contribution is 2.26. The summed E-state index contributed by atoms with van der Waals surface area (Å²) in [6, 6.07) is 10.6. The molecule has 6 heteroatoms. The molecule has 1 N–H and O–H groups in total. The lowest BCUT2D eigenvalue weighted by atomic mass is 10.0. The van der Waals surface area contributed by atoms with E-state index in [1.807, 2.05) is 16.3 Å². The van der Waals surface area contributed by atoms with E-state index in [2.05, 4.69) is 41.5 Å². The Balaban J connectivity index is 1.48. The minimum absolute atomic E-state index is 0.0733. The van der Waals surface area contributed by atoms with Crippen molar-refractivity contribution < 1.29 is 9.21 Å². The Labute approximate surface area is 163 Å². The second-order valence-corrected chi connectivity index (χ2v) is 7.59. The molecule has 27 heavy (non-hydrogen) atoms. The van der Waals surface area contributed by atoms with Gasteiger partial charge in [0, 0.05) is 30.6 Å². The lowest BCUT2D eigenvalue weighted by Gasteiger charge is -2.36. The fourth-order valence-corrected chi connectivity index (χ4v) is 4.25. The second-order valence-electron chi connectivity index (χ2n) is 6.73. The summed E-state index contributed by atoms with van der Waals surface area (Å²) < 4.78 is 5.12. The van der Waals surface area contributed by atoms with Gasteiger partial charge in [-0.1, -0.05) is 31.2 Å². The van der Waals surface area contributed by atoms with Crippen LogP contribution in [0, 0.1) is 0 Å². The predicted molar refractivity (Wildman–Crippen MR) is 107 cm³/mol. The van der Waals surface area contributed by atoms with Crippen LogP contribution in [0.1, 0.15) is 29.8 Å². The molecule has 0 spiro atoms. The van der Waals surface area contributed by atoms with Crippen molar-refractivity contribution in [2.45, 2.75) is 25.8 Å². The number of hydrogen-bond donors (Lipinski definition) is 1. The molecule has 4 rings (SSSR count). The highest BCUT2D eigenvalue weighted by Gasteiger charge is 2.28. The van der Waals surface area contributed by atoms with Gasteiger partial charge in [0.05, 0.1) is 24.4 Å². The SMILES string of the molecule is CCc1ccc(C2CNCCN2C(=O)Cc2csc(-c3ccoc3)n2)cc1. The number of furan rings is 1. The number of carbonyl (C=O) groups excluding carboxylic acids is 1. The van der Waals surface area contributed by atoms with Gasteiger partial charge in [-0.3, -0.25) is 4.79 Å². The molecule has 1 aliphatic heterocycles. The largest absolute Gasteiger partial charge is 0.472 e. The standard InChI is InChI=1S/C21H23N3O2S/c1-2-15-3-5-16(6-4-15)19-12-22-8-9-24(19)20(25)11-18-14-27-21(23-18)17-7-10-26-13-17/h3-7,10,13-14,19,22H,2,8-9,11-12H2,1H3. The molecule has 1 aliphatic rings. The molecule has 0 aliphatic carbocycles. The first kappa shape index (κ1) is 17.9. The number of aryl methyl sites for hydroxylation is 1. The van der Waals surface area contributed by atoms with Gasteiger partial charge in [0.25, 0.3) is 0 Å². The Bertz CT molecular complexity index is 887. The molecule has 1 aromatic carbocycles. The van der Waals surface area contributed by atoms with Gasteiger partial charge in [-0.15, -0.1) is 11.3 Å². The van der Waals surface area contributed by atoms with E-state index in [0.29, 0.717) is 6.42 Å². The zero-order chi connectivity index (χ0) is 18.6. The Kier molecular flexibility index (Phi) is 5.36. The van der Waals surface area contributed by atoms with Gasteiger partial charge in [-0.25, -0.2) is 4.98 Å². The number of hydrogen-bond acceptors (Lipinski definition) is 5. The van der Waals surface area contributed by atoms with Gasteiger partial charge in [0.2, 0.25) is 5.91 Å². The number of benzene rings is 1. The van der Waals surface area contributed by atoms with E-state index in [4.69, 9.17) is 4.42 Å². The zero-order valence-corrected chi connectivity index (χ0v) is 16.2. The van der Waals surface area contributed by atoms with Crippen LogP contribution in [0.4, 0.5) is 0 Å². The Hall–Kier alpha value is -2.44. The van der Waals surface area contributed by atoms with Crippen molar-refractivity contribution in [1.82, 2.24) is 15.2 Å². The summed E-state index contributed by atoms with van der Waals surface area (Å²) in [5, 5.41) is 6.27. The number of amides is 1. The molecule has 140 valence electrons. The highest BCUT2D eigenvalue weighted by molar-refractivity contribution is 7.13. The Morgan fingerprint density at radius 1 is 1.33 bits per heavy atom. The van der Waals surface area contributed by atoms with E-state index in [1.165, 1.54) is 11.1 Å². The summed E-state index contributed by atoms with van der Waals surface area (Å²) in [6.45, 7) is 4.48. The van der Waals surface area contributed by atoms with Gasteiger partial charge in [0.15, 0.2) is 0 Å². The van der Waals surface area contributed by atoms with Crippen LogP contribution in [0.3, 0.4) is 0 Å². The van der Waals surface area contributed by atoms with Crippen LogP contribution in [0.15, 0.2) is 52.7 Å². The Morgan fingerprint density at radius 3 is 2.93 bits per heavy atom. The van der Waals surface area contributed by atoms with Crippen molar-refractivity contribution in [1.29, 1.82) is 0 Å². The molecule has 5 nitrogen and oxygen atoms in total. The number of aromatic nitrogens is 1. The zero-order valence-electron chi connectivity index (χ0n) is 15.4. The molecule has 3 heterocycles. The Morgan fingerprint density at radius 2 is 2.19 bits per heavy atom. The van der Waals surface area contributed by atoms with Gasteiger partial charge in [-0.05, 0) is 23.6 Å². The third-order valence-electron chi connectivity index (χ3n) is 4.99. The van der Waals surface area contributed by atoms with E-state index in [9.17, 15) is 4.79 Å². The summed E-state index contributed by atoms with van der Waals surface area (Å²) in [5.41, 5.74) is 4.27. The monoisotopic (exact) mass is 381 g/mol. The van der Waals surface area contributed by atoms with Crippen molar-refractivity contribution in [2.24, 2.45) is 0 Å². The summed E-state index contributed by atoms with van der Waals surface area (Å²) in [4.78, 5) is 19.6. The maximum Gasteiger partial charge on any atom is 0.229 e. The summed E-state index contributed by atoms with van der Waals surface area (Å²) >= 11 is 1.54. The van der Waals surface area contributed by atoms with Gasteiger partial charge >= 0.3 is 0 Å². The molecule has 0 saturated carbocycles. The van der Waals surface area contributed by atoms with E-state index < -0.39 is 0 Å². The highest BCUT2D eigenvalue weighted by atomic mass is 32.1. The number of carbonyl (C=O) groups is 1. The van der Waals surface area contributed by atoms with Gasteiger partial charge in [-0.2, -0.15) is 0 Å². The van der Waals surface area contributed by atoms with Crippen LogP contribution in [0.2, 0.25) is 0 Å². The first-order chi connectivity index (χ1) is 13.2. The van der Waals surface area contributed by atoms with Crippen LogP contribution in [0.25, 0.3) is 10.6 Å². The van der Waals surface area contributed by atoms with Crippen molar-refractivity contribution in [2.75, 3.05) is 19.6 Å². The minimum Gasteiger partial charge on any atom is -0.472 e. The molecular formula is C21H23N3O2S. The van der Waals surface area contributed by atoms with Crippen molar-refractivity contribution in [3.8, 4) is 10.6 Å². The number of nitrogens with one attached hydrogen (secondary N) is 1. The molecule has 0 radical (unpaired) electrons. The molecule has 1 saturated heterocycles. The quantitative estimate of drug-likeness (QED) is 0.732. The number of rotatable bonds is 5. The fourth-order valence-electron chi connectivity index (χ4n) is 3.44. The van der Waals surface area contributed by atoms with E-state index in [-0.39, 0.29) is 11.9 Å². The van der Waals surface area contributed by atoms with Gasteiger partial charge < -0.3 is 14.6 Å². The average molecular weight is 382 g/mol. The number of nitrogens with zero attached hydrogens (tertiary/aromatic N) is 2. The third kappa shape index (κ3) is 3.96. The molecular weight excluding hydrogens is 358 g/mol. The van der Waals surface area contributed by atoms with Crippen molar-refractivity contribution in [3.63, 3.8) is 0 Å². The molecule has 3 aromatic rings. The lowest BCUT2D eigenvalue weighted by Crippen LogP contribution is -2.49. The van der Waals surface area contributed by atoms with Crippen LogP contribution >= 0.6 is 11.3 Å². The van der Waals surface area contributed by atoms with Crippen molar-refractivity contribution in [3.05, 3.63) is 65.1 Å². The fraction of sp³-hybridized carbons (Fsp3) is 0.333. The summed E-state index contributed by atoms with van der Waals surface area (Å²) in [7, 11) is 0. The predicted octanol–water partition coefficient (Wildman–Crippen LogP) is 3.68. The van der Waals surface area contributed by atoms with Crippen LogP contribution in [0.5, 0.6) is 0 Å². The minimum atomic E-state index is 0.0733. The first-order valence-electron chi connectivity index (χ1n) is 9.30. The number of piperazine rings is 1.